The highest BCUT2D eigenvalue weighted by Gasteiger charge is 2.58. The highest BCUT2D eigenvalue weighted by atomic mass is 32.2. The summed E-state index contributed by atoms with van der Waals surface area (Å²) in [7, 11) is -4.41. The van der Waals surface area contributed by atoms with E-state index in [-0.39, 0.29) is 5.75 Å². The van der Waals surface area contributed by atoms with Gasteiger partial charge in [-0.15, -0.1) is 11.8 Å². The molecule has 2 aromatic rings. The van der Waals surface area contributed by atoms with Crippen LogP contribution >= 0.6 is 19.5 Å². The zero-order chi connectivity index (χ0) is 31.9. The normalized spacial score (nSPS) is 23.9. The van der Waals surface area contributed by atoms with Crippen molar-refractivity contribution in [2.75, 3.05) is 12.4 Å². The third kappa shape index (κ3) is 9.26. The minimum absolute atomic E-state index is 0.151. The highest BCUT2D eigenvalue weighted by Crippen LogP contribution is 2.48. The van der Waals surface area contributed by atoms with E-state index in [1.807, 2.05) is 4.98 Å². The molecule has 1 aromatic heterocycles. The second-order valence-electron chi connectivity index (χ2n) is 10.3. The van der Waals surface area contributed by atoms with Gasteiger partial charge in [-0.1, -0.05) is 6.92 Å². The molecule has 1 saturated heterocycles. The van der Waals surface area contributed by atoms with Crippen molar-refractivity contribution in [3.05, 3.63) is 57.4 Å². The van der Waals surface area contributed by atoms with Gasteiger partial charge < -0.3 is 18.7 Å². The number of nitrogens with zero attached hydrogens (tertiary/aromatic N) is 1. The van der Waals surface area contributed by atoms with Crippen LogP contribution in [0.1, 0.15) is 54.2 Å². The number of benzene rings is 1. The zero-order valence-corrected chi connectivity index (χ0v) is 26.4. The predicted octanol–water partition coefficient (Wildman–Crippen LogP) is 3.73. The van der Waals surface area contributed by atoms with Crippen LogP contribution in [-0.2, 0) is 32.9 Å². The van der Waals surface area contributed by atoms with Gasteiger partial charge in [-0.25, -0.2) is 13.8 Å². The summed E-state index contributed by atoms with van der Waals surface area (Å²) in [6, 6.07) is 6.56. The Labute approximate surface area is 252 Å². The summed E-state index contributed by atoms with van der Waals surface area (Å²) in [5.41, 5.74) is -4.17. The van der Waals surface area contributed by atoms with E-state index in [1.54, 1.807) is 49.9 Å². The maximum Gasteiger partial charge on any atom is 0.459 e. The van der Waals surface area contributed by atoms with E-state index >= 15 is 4.39 Å². The number of H-pyrrole nitrogens is 1. The van der Waals surface area contributed by atoms with E-state index in [2.05, 4.69) is 12.0 Å². The first-order valence-corrected chi connectivity index (χ1v) is 16.2. The van der Waals surface area contributed by atoms with Crippen LogP contribution in [0, 0.1) is 0 Å². The lowest BCUT2D eigenvalue weighted by atomic mass is 9.98. The second kappa shape index (κ2) is 14.7. The number of carbonyl (C=O) groups is 2. The third-order valence-corrected chi connectivity index (χ3v) is 8.93. The number of aromatic nitrogens is 2. The molecule has 1 unspecified atom stereocenters. The molecule has 16 heteroatoms. The average molecular weight is 646 g/mol. The van der Waals surface area contributed by atoms with Gasteiger partial charge in [0.05, 0.1) is 12.7 Å². The summed E-state index contributed by atoms with van der Waals surface area (Å²) in [6.45, 7) is 8.22. The molecule has 0 bridgehead atoms. The van der Waals surface area contributed by atoms with Gasteiger partial charge in [0.2, 0.25) is 0 Å². The molecule has 6 atom stereocenters. The second-order valence-corrected chi connectivity index (χ2v) is 13.1. The Bertz CT molecular complexity index is 1430. The lowest BCUT2D eigenvalue weighted by molar-refractivity contribution is -0.155. The Balaban J connectivity index is 1.89. The maximum atomic E-state index is 16.2. The highest BCUT2D eigenvalue weighted by molar-refractivity contribution is 7.99. The number of hydrogen-bond acceptors (Lipinski definition) is 11. The number of aromatic amines is 1. The Kier molecular flexibility index (Phi) is 11.8. The molecule has 0 amide bonds. The van der Waals surface area contributed by atoms with Gasteiger partial charge in [0.25, 0.3) is 5.56 Å². The average Bonchev–Trinajstić information content (AvgIpc) is 3.15. The molecule has 0 spiro atoms. The quantitative estimate of drug-likeness (QED) is 0.174. The van der Waals surface area contributed by atoms with E-state index < -0.39 is 73.8 Å². The number of hydrogen-bond donors (Lipinski definition) is 2. The van der Waals surface area contributed by atoms with Crippen molar-refractivity contribution in [2.24, 2.45) is 0 Å². The molecule has 13 nitrogen and oxygen atoms in total. The maximum absolute atomic E-state index is 16.2. The predicted molar refractivity (Wildman–Crippen MR) is 156 cm³/mol. The molecule has 1 fully saturated rings. The van der Waals surface area contributed by atoms with Gasteiger partial charge in [-0.3, -0.25) is 28.5 Å². The first-order valence-electron chi connectivity index (χ1n) is 13.6. The number of rotatable bonds is 14. The first kappa shape index (κ1) is 34.5. The molecule has 1 aliphatic rings. The van der Waals surface area contributed by atoms with Crippen LogP contribution in [-0.4, -0.2) is 63.9 Å². The van der Waals surface area contributed by atoms with Gasteiger partial charge in [-0.05, 0) is 64.1 Å². The van der Waals surface area contributed by atoms with Gasteiger partial charge in [0, 0.05) is 24.1 Å². The van der Waals surface area contributed by atoms with Gasteiger partial charge >= 0.3 is 25.4 Å². The van der Waals surface area contributed by atoms with Gasteiger partial charge in [0.15, 0.2) is 18.0 Å². The summed E-state index contributed by atoms with van der Waals surface area (Å²) in [4.78, 5) is 51.3. The summed E-state index contributed by atoms with van der Waals surface area (Å²) >= 11 is 1.63. The Morgan fingerprint density at radius 3 is 2.47 bits per heavy atom. The molecule has 0 aliphatic carbocycles. The Morgan fingerprint density at radius 2 is 1.88 bits per heavy atom. The minimum atomic E-state index is -4.41. The number of nitrogens with one attached hydrogen (secondary N) is 2. The van der Waals surface area contributed by atoms with Crippen molar-refractivity contribution in [1.29, 1.82) is 0 Å². The van der Waals surface area contributed by atoms with Crippen LogP contribution in [0.3, 0.4) is 0 Å². The Morgan fingerprint density at radius 1 is 1.21 bits per heavy atom. The van der Waals surface area contributed by atoms with Gasteiger partial charge in [-0.2, -0.15) is 5.09 Å². The van der Waals surface area contributed by atoms with Crippen molar-refractivity contribution in [3.63, 3.8) is 0 Å². The van der Waals surface area contributed by atoms with Gasteiger partial charge in [0.1, 0.15) is 17.9 Å². The van der Waals surface area contributed by atoms with Crippen molar-refractivity contribution >= 4 is 31.4 Å². The van der Waals surface area contributed by atoms with Crippen molar-refractivity contribution in [1.82, 2.24) is 14.6 Å². The first-order chi connectivity index (χ1) is 20.1. The summed E-state index contributed by atoms with van der Waals surface area (Å²) in [6.07, 6.45) is -3.10. The molecule has 2 N–H and O–H groups in total. The number of carbonyl (C=O) groups excluding carboxylic acids is 2. The summed E-state index contributed by atoms with van der Waals surface area (Å²) in [5, 5.41) is 2.53. The Hall–Kier alpha value is -2.97. The van der Waals surface area contributed by atoms with Crippen molar-refractivity contribution in [2.45, 2.75) is 89.1 Å². The van der Waals surface area contributed by atoms with E-state index in [0.717, 1.165) is 47.7 Å². The smallest absolute Gasteiger partial charge is 0.459 e. The number of esters is 2. The van der Waals surface area contributed by atoms with Crippen molar-refractivity contribution in [3.8, 4) is 5.75 Å². The lowest BCUT2D eigenvalue weighted by Gasteiger charge is -2.28. The fourth-order valence-electron chi connectivity index (χ4n) is 4.16. The number of ether oxygens (including phenoxy) is 3. The molecule has 1 aliphatic heterocycles. The van der Waals surface area contributed by atoms with E-state index in [9.17, 15) is 23.7 Å². The van der Waals surface area contributed by atoms with Crippen LogP contribution in [0.2, 0.25) is 0 Å². The molecular weight excluding hydrogens is 608 g/mol. The molecule has 0 radical (unpaired) electrons. The van der Waals surface area contributed by atoms with Crippen LogP contribution in [0.4, 0.5) is 4.39 Å². The molecule has 3 rings (SSSR count). The minimum Gasteiger partial charge on any atom is -0.462 e. The van der Waals surface area contributed by atoms with E-state index in [0.29, 0.717) is 0 Å². The number of thioether (sulfide) groups is 1. The van der Waals surface area contributed by atoms with Crippen molar-refractivity contribution < 1.29 is 41.8 Å². The summed E-state index contributed by atoms with van der Waals surface area (Å²) in [5.74, 6) is -0.514. The molecule has 0 saturated carbocycles. The van der Waals surface area contributed by atoms with E-state index in [4.69, 9.17) is 23.3 Å². The number of alkyl halides is 1. The molecule has 43 heavy (non-hydrogen) atoms. The molecular formula is C27H37FN3O10PS. The number of halogens is 1. The standard InChI is InChI=1S/C27H37FN3O10PS/c1-7-14-43-20-10-8-19(9-11-20)41-42(36,30-17(4)24(34)38-16(2)3)37-15-21-23(39-18(5)32)27(6,28)25(40-21)31-13-12-22(33)29-26(31)35/h8-13,16-17,21,23,25H,7,14-15H2,1-6H3,(H,30,36)(H,29,33,35)/t17-,21+,23+,25+,27+,42?/m0/s1. The monoisotopic (exact) mass is 645 g/mol. The van der Waals surface area contributed by atoms with Crippen LogP contribution in [0.25, 0.3) is 0 Å². The zero-order valence-electron chi connectivity index (χ0n) is 24.7. The summed E-state index contributed by atoms with van der Waals surface area (Å²) < 4.78 is 58.5. The molecule has 2 heterocycles. The molecule has 1 aromatic carbocycles. The topological polar surface area (TPSA) is 164 Å². The van der Waals surface area contributed by atoms with Crippen LogP contribution < -0.4 is 20.9 Å². The fraction of sp³-hybridized carbons (Fsp3) is 0.556. The van der Waals surface area contributed by atoms with E-state index in [1.165, 1.54) is 6.92 Å². The largest absolute Gasteiger partial charge is 0.462 e. The lowest BCUT2D eigenvalue weighted by Crippen LogP contribution is -2.46. The molecule has 238 valence electrons. The van der Waals surface area contributed by atoms with Crippen LogP contribution in [0.5, 0.6) is 5.75 Å². The van der Waals surface area contributed by atoms with Crippen LogP contribution in [0.15, 0.2) is 51.0 Å². The third-order valence-electron chi connectivity index (χ3n) is 6.07. The fourth-order valence-corrected chi connectivity index (χ4v) is 6.43. The SMILES string of the molecule is CCCSc1ccc(OP(=O)(N[C@@H](C)C(=O)OC(C)C)OC[C@H]2O[C@@H](n3ccc(=O)[nH]c3=O)[C@](C)(F)[C@@H]2OC(C)=O)cc1.